The van der Waals surface area contributed by atoms with Crippen LogP contribution >= 0.6 is 0 Å². The second kappa shape index (κ2) is 6.70. The molecule has 5 rings (SSSR count). The maximum absolute atomic E-state index is 13.3. The van der Waals surface area contributed by atoms with Gasteiger partial charge in [0, 0.05) is 38.6 Å². The van der Waals surface area contributed by atoms with Crippen LogP contribution in [0.25, 0.3) is 5.57 Å². The normalized spacial score (nSPS) is 23.6. The first kappa shape index (κ1) is 16.9. The van der Waals surface area contributed by atoms with Crippen molar-refractivity contribution in [3.05, 3.63) is 60.4 Å². The largest absolute Gasteiger partial charge is 0.337 e. The van der Waals surface area contributed by atoms with Crippen molar-refractivity contribution in [2.45, 2.75) is 12.1 Å². The van der Waals surface area contributed by atoms with Gasteiger partial charge in [-0.1, -0.05) is 36.1 Å². The lowest BCUT2D eigenvalue weighted by molar-refractivity contribution is -0.133. The summed E-state index contributed by atoms with van der Waals surface area (Å²) >= 11 is 0. The molecular formula is C20H21N7O. The summed E-state index contributed by atoms with van der Waals surface area (Å²) in [6.45, 7) is 7.44. The minimum absolute atomic E-state index is 0.0344. The Hall–Kier alpha value is -3.29. The highest BCUT2D eigenvalue weighted by atomic mass is 16.2. The molecule has 8 heteroatoms. The van der Waals surface area contributed by atoms with Crippen molar-refractivity contribution in [3.63, 3.8) is 0 Å². The van der Waals surface area contributed by atoms with Crippen LogP contribution in [0.4, 0.5) is 5.95 Å². The molecule has 2 aromatic rings. The Morgan fingerprint density at radius 3 is 2.57 bits per heavy atom. The molecule has 28 heavy (non-hydrogen) atoms. The van der Waals surface area contributed by atoms with Gasteiger partial charge >= 0.3 is 0 Å². The zero-order chi connectivity index (χ0) is 19.1. The van der Waals surface area contributed by atoms with Gasteiger partial charge in [0.05, 0.1) is 6.54 Å². The third kappa shape index (κ3) is 2.72. The van der Waals surface area contributed by atoms with E-state index in [1.807, 2.05) is 22.0 Å². The van der Waals surface area contributed by atoms with Gasteiger partial charge in [-0.2, -0.15) is 5.11 Å². The van der Waals surface area contributed by atoms with Gasteiger partial charge in [-0.25, -0.2) is 9.97 Å². The van der Waals surface area contributed by atoms with Crippen LogP contribution in [-0.4, -0.2) is 64.5 Å². The average molecular weight is 375 g/mol. The molecule has 2 atom stereocenters. The van der Waals surface area contributed by atoms with Gasteiger partial charge in [-0.15, -0.1) is 0 Å². The fraction of sp³-hybridized carbons (Fsp3) is 0.350. The number of nitrogens with zero attached hydrogens (tertiary/aromatic N) is 7. The third-order valence-electron chi connectivity index (χ3n) is 5.60. The molecule has 0 unspecified atom stereocenters. The molecule has 0 saturated carbocycles. The lowest BCUT2D eigenvalue weighted by Gasteiger charge is -2.37. The molecule has 8 nitrogen and oxygen atoms in total. The number of carbonyl (C=O) groups excluding carboxylic acids is 1. The van der Waals surface area contributed by atoms with Crippen LogP contribution < -0.4 is 4.90 Å². The molecule has 0 N–H and O–H groups in total. The number of hydrogen-bond acceptors (Lipinski definition) is 7. The van der Waals surface area contributed by atoms with E-state index < -0.39 is 6.04 Å². The van der Waals surface area contributed by atoms with Crippen LogP contribution in [0.15, 0.2) is 59.6 Å². The summed E-state index contributed by atoms with van der Waals surface area (Å²) in [5.74, 6) is 0.744. The predicted octanol–water partition coefficient (Wildman–Crippen LogP) is 1.94. The lowest BCUT2D eigenvalue weighted by Crippen LogP contribution is -2.53. The monoisotopic (exact) mass is 375 g/mol. The summed E-state index contributed by atoms with van der Waals surface area (Å²) in [6, 6.07) is 9.26. The fourth-order valence-electron chi connectivity index (χ4n) is 4.17. The smallest absolute Gasteiger partial charge is 0.252 e. The van der Waals surface area contributed by atoms with Gasteiger partial charge < -0.3 is 9.80 Å². The fourth-order valence-corrected chi connectivity index (χ4v) is 4.17. The summed E-state index contributed by atoms with van der Waals surface area (Å²) in [4.78, 5) is 25.9. The highest BCUT2D eigenvalue weighted by molar-refractivity contribution is 5.85. The summed E-state index contributed by atoms with van der Waals surface area (Å²) < 4.78 is 0. The third-order valence-corrected chi connectivity index (χ3v) is 5.60. The van der Waals surface area contributed by atoms with E-state index in [1.54, 1.807) is 18.5 Å². The molecular weight excluding hydrogens is 354 g/mol. The number of aromatic nitrogens is 2. The van der Waals surface area contributed by atoms with Crippen molar-refractivity contribution in [1.29, 1.82) is 0 Å². The van der Waals surface area contributed by atoms with Gasteiger partial charge in [0.1, 0.15) is 6.04 Å². The van der Waals surface area contributed by atoms with E-state index in [9.17, 15) is 4.79 Å². The molecule has 0 spiro atoms. The minimum Gasteiger partial charge on any atom is -0.337 e. The summed E-state index contributed by atoms with van der Waals surface area (Å²) in [6.07, 6.45) is 3.48. The number of rotatable bonds is 2. The highest BCUT2D eigenvalue weighted by Crippen LogP contribution is 2.41. The zero-order valence-corrected chi connectivity index (χ0v) is 15.5. The first-order chi connectivity index (χ1) is 13.7. The number of amides is 1. The van der Waals surface area contributed by atoms with Crippen molar-refractivity contribution < 1.29 is 4.79 Å². The second-order valence-electron chi connectivity index (χ2n) is 7.24. The summed E-state index contributed by atoms with van der Waals surface area (Å²) in [7, 11) is 0. The first-order valence-electron chi connectivity index (χ1n) is 9.47. The van der Waals surface area contributed by atoms with Gasteiger partial charge in [-0.3, -0.25) is 9.80 Å². The van der Waals surface area contributed by atoms with Crippen molar-refractivity contribution in [3.8, 4) is 0 Å². The Labute approximate surface area is 163 Å². The molecule has 1 aromatic heterocycles. The van der Waals surface area contributed by atoms with Crippen LogP contribution in [0.3, 0.4) is 0 Å². The second-order valence-corrected chi connectivity index (χ2v) is 7.24. The SMILES string of the molecule is C=C1CN2N=N[C@H](C(=O)N3CCN(c4ncccn4)CC3)[C@H]2c2ccccc21. The van der Waals surface area contributed by atoms with E-state index in [2.05, 4.69) is 43.9 Å². The van der Waals surface area contributed by atoms with E-state index in [1.165, 1.54) is 0 Å². The molecule has 3 aliphatic heterocycles. The average Bonchev–Trinajstić information content (AvgIpc) is 3.18. The van der Waals surface area contributed by atoms with E-state index >= 15 is 0 Å². The molecule has 4 heterocycles. The Morgan fingerprint density at radius 1 is 1.04 bits per heavy atom. The van der Waals surface area contributed by atoms with Crippen LogP contribution in [0.5, 0.6) is 0 Å². The van der Waals surface area contributed by atoms with Gasteiger partial charge in [0.15, 0.2) is 6.04 Å². The number of anilines is 1. The number of benzene rings is 1. The van der Waals surface area contributed by atoms with Gasteiger partial charge in [0.25, 0.3) is 5.91 Å². The molecule has 1 amide bonds. The van der Waals surface area contributed by atoms with Crippen LogP contribution in [0.2, 0.25) is 0 Å². The van der Waals surface area contributed by atoms with Crippen LogP contribution in [0.1, 0.15) is 17.2 Å². The number of piperazine rings is 1. The molecule has 0 bridgehead atoms. The zero-order valence-electron chi connectivity index (χ0n) is 15.5. The Balaban J connectivity index is 1.32. The molecule has 3 aliphatic rings. The highest BCUT2D eigenvalue weighted by Gasteiger charge is 2.44. The quantitative estimate of drug-likeness (QED) is 0.802. The molecule has 0 aliphatic carbocycles. The Morgan fingerprint density at radius 2 is 1.79 bits per heavy atom. The molecule has 1 saturated heterocycles. The van der Waals surface area contributed by atoms with Crippen LogP contribution in [-0.2, 0) is 4.79 Å². The number of carbonyl (C=O) groups is 1. The molecule has 142 valence electrons. The van der Waals surface area contributed by atoms with E-state index in [4.69, 9.17) is 0 Å². The van der Waals surface area contributed by atoms with Crippen molar-refractivity contribution >= 4 is 17.4 Å². The molecule has 1 fully saturated rings. The maximum atomic E-state index is 13.3. The van der Waals surface area contributed by atoms with Crippen molar-refractivity contribution in [2.24, 2.45) is 10.3 Å². The first-order valence-corrected chi connectivity index (χ1v) is 9.47. The molecule has 0 radical (unpaired) electrons. The Kier molecular flexibility index (Phi) is 4.03. The van der Waals surface area contributed by atoms with E-state index in [-0.39, 0.29) is 11.9 Å². The Bertz CT molecular complexity index is 937. The predicted molar refractivity (Wildman–Crippen MR) is 104 cm³/mol. The van der Waals surface area contributed by atoms with Crippen molar-refractivity contribution in [1.82, 2.24) is 19.9 Å². The van der Waals surface area contributed by atoms with Gasteiger partial charge in [0.2, 0.25) is 5.95 Å². The summed E-state index contributed by atoms with van der Waals surface area (Å²) in [5, 5.41) is 10.5. The topological polar surface area (TPSA) is 77.3 Å². The van der Waals surface area contributed by atoms with Gasteiger partial charge in [-0.05, 0) is 22.8 Å². The molecule has 1 aromatic carbocycles. The van der Waals surface area contributed by atoms with E-state index in [0.717, 1.165) is 16.7 Å². The number of hydrogen-bond donors (Lipinski definition) is 0. The van der Waals surface area contributed by atoms with Crippen molar-refractivity contribution in [2.75, 3.05) is 37.6 Å². The number of fused-ring (bicyclic) bond motifs is 3. The van der Waals surface area contributed by atoms with Crippen LogP contribution in [0, 0.1) is 0 Å². The maximum Gasteiger partial charge on any atom is 0.252 e. The lowest BCUT2D eigenvalue weighted by atomic mass is 9.87. The van der Waals surface area contributed by atoms with E-state index in [0.29, 0.717) is 38.7 Å². The summed E-state index contributed by atoms with van der Waals surface area (Å²) in [5.41, 5.74) is 3.20. The standard InChI is InChI=1S/C20H21N7O/c1-14-13-27-18(16-6-3-2-5-15(14)16)17(23-24-27)19(28)25-9-11-26(12-10-25)20-21-7-4-8-22-20/h2-8,17-18H,1,9-13H2/t17-,18+/m0/s1. The minimum atomic E-state index is -0.506.